The van der Waals surface area contributed by atoms with Gasteiger partial charge in [-0.3, -0.25) is 23.9 Å². The lowest BCUT2D eigenvalue weighted by Crippen LogP contribution is -2.60. The lowest BCUT2D eigenvalue weighted by molar-refractivity contribution is -0.144. The summed E-state index contributed by atoms with van der Waals surface area (Å²) in [5, 5.41) is 5.66. The van der Waals surface area contributed by atoms with Gasteiger partial charge in [0.2, 0.25) is 21.8 Å². The number of benzene rings is 3. The largest absolute Gasteiger partial charge is 0.497 e. The Morgan fingerprint density at radius 2 is 1.62 bits per heavy atom. The standard InChI is InChI=1S/C45H51N5O10S/c1-7-28-24-45(28,43(54)49-61(55,56)33-18-19-33)48-41(52)37-22-32(60-38-23-35(27-11-9-8-10-12-27)46-36-21-31(58-6)17-20-34(36)38)25-50(37)42(53)40(44(2,3)4)47-39(51)26-59-30-15-13-29(57-5)14-16-30/h7-17,20-21,23,28,32-33,37,40H,1,18-19,22,24-26H2,2-6H3,(H,47,51)(H,48,52)(H,49,54). The van der Waals surface area contributed by atoms with Crippen LogP contribution in [0.4, 0.5) is 0 Å². The zero-order valence-corrected chi connectivity index (χ0v) is 35.6. The van der Waals surface area contributed by atoms with Crippen LogP contribution in [-0.4, -0.2) is 98.3 Å². The van der Waals surface area contributed by atoms with Gasteiger partial charge < -0.3 is 34.5 Å². The molecule has 0 spiro atoms. The molecule has 3 aliphatic rings. The Morgan fingerprint density at radius 3 is 2.25 bits per heavy atom. The summed E-state index contributed by atoms with van der Waals surface area (Å²) in [5.74, 6) is -1.12. The predicted molar refractivity (Wildman–Crippen MR) is 227 cm³/mol. The lowest BCUT2D eigenvalue weighted by Gasteiger charge is -2.35. The van der Waals surface area contributed by atoms with Crippen molar-refractivity contribution in [1.82, 2.24) is 25.2 Å². The quantitative estimate of drug-likeness (QED) is 0.134. The number of nitrogens with zero attached hydrogens (tertiary/aromatic N) is 2. The zero-order valence-electron chi connectivity index (χ0n) is 34.8. The van der Waals surface area contributed by atoms with Gasteiger partial charge >= 0.3 is 0 Å². The van der Waals surface area contributed by atoms with Crippen molar-refractivity contribution in [3.63, 3.8) is 0 Å². The molecule has 1 aliphatic heterocycles. The topological polar surface area (TPSA) is 192 Å². The smallest absolute Gasteiger partial charge is 0.259 e. The van der Waals surface area contributed by atoms with E-state index in [1.165, 1.54) is 18.1 Å². The van der Waals surface area contributed by atoms with Crippen molar-refractivity contribution in [3.05, 3.63) is 91.5 Å². The molecule has 2 heterocycles. The van der Waals surface area contributed by atoms with Crippen molar-refractivity contribution < 1.29 is 46.5 Å². The van der Waals surface area contributed by atoms with Crippen molar-refractivity contribution >= 4 is 44.6 Å². The van der Waals surface area contributed by atoms with Crippen LogP contribution in [0.5, 0.6) is 23.0 Å². The third kappa shape index (κ3) is 9.43. The summed E-state index contributed by atoms with van der Waals surface area (Å²) in [6.45, 7) is 8.72. The van der Waals surface area contributed by atoms with Gasteiger partial charge in [-0.25, -0.2) is 13.4 Å². The SMILES string of the molecule is C=CC1CC1(NC(=O)C1CC(Oc2cc(-c3ccccc3)nc3cc(OC)ccc23)CN1C(=O)C(NC(=O)COc1ccc(OC)cc1)C(C)(C)C)C(=O)NS(=O)(=O)C1CC1. The monoisotopic (exact) mass is 853 g/mol. The summed E-state index contributed by atoms with van der Waals surface area (Å²) in [5.41, 5.74) is -0.370. The van der Waals surface area contributed by atoms with Gasteiger partial charge in [-0.05, 0) is 61.1 Å². The molecule has 2 aliphatic carbocycles. The molecule has 3 aromatic carbocycles. The Morgan fingerprint density at radius 1 is 0.951 bits per heavy atom. The van der Waals surface area contributed by atoms with Crippen LogP contribution in [0.15, 0.2) is 91.5 Å². The van der Waals surface area contributed by atoms with Gasteiger partial charge in [0.25, 0.3) is 11.8 Å². The average molecular weight is 854 g/mol. The number of methoxy groups -OCH3 is 2. The minimum atomic E-state index is -3.93. The van der Waals surface area contributed by atoms with Crippen LogP contribution >= 0.6 is 0 Å². The van der Waals surface area contributed by atoms with Crippen molar-refractivity contribution in [3.8, 4) is 34.3 Å². The van der Waals surface area contributed by atoms with Crippen LogP contribution in [0, 0.1) is 11.3 Å². The Bertz CT molecular complexity index is 2440. The molecule has 1 aromatic heterocycles. The second-order valence-corrected chi connectivity index (χ2v) is 18.7. The van der Waals surface area contributed by atoms with Crippen molar-refractivity contribution in [1.29, 1.82) is 0 Å². The third-order valence-electron chi connectivity index (χ3n) is 11.3. The first-order valence-corrected chi connectivity index (χ1v) is 21.7. The normalized spacial score (nSPS) is 21.5. The fourth-order valence-corrected chi connectivity index (χ4v) is 8.93. The second-order valence-electron chi connectivity index (χ2n) is 16.7. The molecule has 5 atom stereocenters. The Balaban J connectivity index is 1.19. The number of hydrogen-bond acceptors (Lipinski definition) is 11. The third-order valence-corrected chi connectivity index (χ3v) is 13.1. The highest BCUT2D eigenvalue weighted by Crippen LogP contribution is 2.46. The Labute approximate surface area is 355 Å². The molecule has 0 radical (unpaired) electrons. The van der Waals surface area contributed by atoms with Gasteiger partial charge in [-0.2, -0.15) is 0 Å². The molecule has 0 bridgehead atoms. The molecule has 3 N–H and O–H groups in total. The van der Waals surface area contributed by atoms with Gasteiger partial charge in [-0.1, -0.05) is 57.2 Å². The van der Waals surface area contributed by atoms with Crippen LogP contribution in [0.25, 0.3) is 22.2 Å². The number of sulfonamides is 1. The molecule has 61 heavy (non-hydrogen) atoms. The number of hydrogen-bond donors (Lipinski definition) is 3. The van der Waals surface area contributed by atoms with Crippen LogP contribution in [0.3, 0.4) is 0 Å². The van der Waals surface area contributed by atoms with Gasteiger partial charge in [0.15, 0.2) is 6.61 Å². The summed E-state index contributed by atoms with van der Waals surface area (Å²) >= 11 is 0. The summed E-state index contributed by atoms with van der Waals surface area (Å²) in [4.78, 5) is 62.7. The van der Waals surface area contributed by atoms with E-state index in [-0.39, 0.29) is 19.4 Å². The molecular weight excluding hydrogens is 803 g/mol. The first-order chi connectivity index (χ1) is 29.0. The van der Waals surface area contributed by atoms with Crippen LogP contribution in [-0.2, 0) is 29.2 Å². The van der Waals surface area contributed by atoms with Crippen molar-refractivity contribution in [2.75, 3.05) is 27.4 Å². The molecule has 15 nitrogen and oxygen atoms in total. The molecule has 322 valence electrons. The predicted octanol–water partition coefficient (Wildman–Crippen LogP) is 4.55. The Kier molecular flexibility index (Phi) is 12.0. The highest BCUT2D eigenvalue weighted by atomic mass is 32.2. The molecule has 3 fully saturated rings. The van der Waals surface area contributed by atoms with Gasteiger partial charge in [0, 0.05) is 35.4 Å². The van der Waals surface area contributed by atoms with E-state index in [0.29, 0.717) is 52.4 Å². The maximum Gasteiger partial charge on any atom is 0.259 e. The fraction of sp³-hybridized carbons (Fsp3) is 0.400. The van der Waals surface area contributed by atoms with E-state index in [9.17, 15) is 27.6 Å². The van der Waals surface area contributed by atoms with Gasteiger partial charge in [-0.15, -0.1) is 6.58 Å². The Hall–Kier alpha value is -6.16. The maximum atomic E-state index is 14.8. The second kappa shape index (κ2) is 17.1. The number of amides is 4. The maximum absolute atomic E-state index is 14.8. The number of rotatable bonds is 16. The first kappa shape index (κ1) is 42.9. The summed E-state index contributed by atoms with van der Waals surface area (Å²) < 4.78 is 50.9. The molecule has 16 heteroatoms. The van der Waals surface area contributed by atoms with Gasteiger partial charge in [0.1, 0.15) is 46.7 Å². The number of carbonyl (C=O) groups is 4. The average Bonchev–Trinajstić information content (AvgIpc) is 4.18. The van der Waals surface area contributed by atoms with Gasteiger partial charge in [0.05, 0.1) is 37.2 Å². The van der Waals surface area contributed by atoms with E-state index < -0.39 is 80.6 Å². The van der Waals surface area contributed by atoms with Crippen LogP contribution in [0.2, 0.25) is 0 Å². The molecule has 2 saturated carbocycles. The van der Waals surface area contributed by atoms with E-state index >= 15 is 0 Å². The number of fused-ring (bicyclic) bond motifs is 1. The molecule has 4 aromatic rings. The number of pyridine rings is 1. The minimum Gasteiger partial charge on any atom is -0.497 e. The van der Waals surface area contributed by atoms with Crippen LogP contribution < -0.4 is 34.3 Å². The summed E-state index contributed by atoms with van der Waals surface area (Å²) in [6.07, 6.45) is 1.76. The minimum absolute atomic E-state index is 0.000429. The molecule has 4 amide bonds. The van der Waals surface area contributed by atoms with E-state index in [0.717, 1.165) is 5.56 Å². The van der Waals surface area contributed by atoms with E-state index in [2.05, 4.69) is 21.9 Å². The summed E-state index contributed by atoms with van der Waals surface area (Å²) in [6, 6.07) is 21.1. The van der Waals surface area contributed by atoms with E-state index in [4.69, 9.17) is 23.9 Å². The van der Waals surface area contributed by atoms with Crippen molar-refractivity contribution in [2.24, 2.45) is 11.3 Å². The van der Waals surface area contributed by atoms with Crippen molar-refractivity contribution in [2.45, 2.75) is 75.4 Å². The first-order valence-electron chi connectivity index (χ1n) is 20.1. The zero-order chi connectivity index (χ0) is 43.7. The number of nitrogens with one attached hydrogen (secondary N) is 3. The molecule has 5 unspecified atom stereocenters. The summed E-state index contributed by atoms with van der Waals surface area (Å²) in [7, 11) is -0.830. The molecule has 1 saturated heterocycles. The van der Waals surface area contributed by atoms with E-state index in [1.54, 1.807) is 64.3 Å². The number of carbonyl (C=O) groups excluding carboxylic acids is 4. The van der Waals surface area contributed by atoms with E-state index in [1.807, 2.05) is 42.5 Å². The molecular formula is C45H51N5O10S. The lowest BCUT2D eigenvalue weighted by atomic mass is 9.85. The molecule has 7 rings (SSSR count). The highest BCUT2D eigenvalue weighted by molar-refractivity contribution is 7.91. The van der Waals surface area contributed by atoms with Crippen LogP contribution in [0.1, 0.15) is 46.5 Å². The number of ether oxygens (including phenoxy) is 4. The fourth-order valence-electron chi connectivity index (χ4n) is 7.57. The number of likely N-dealkylation sites (tertiary alicyclic amines) is 1. The highest BCUT2D eigenvalue weighted by Gasteiger charge is 2.62. The number of aromatic nitrogens is 1.